The molecule has 1 aliphatic rings. The Morgan fingerprint density at radius 2 is 1.88 bits per heavy atom. The molecule has 1 fully saturated rings. The van der Waals surface area contributed by atoms with Crippen molar-refractivity contribution in [3.8, 4) is 0 Å². The molecular formula is C20H21FN2O2. The van der Waals surface area contributed by atoms with E-state index in [1.54, 1.807) is 17.0 Å². The number of halogens is 1. The molecule has 3 rings (SSSR count). The van der Waals surface area contributed by atoms with Crippen molar-refractivity contribution in [3.05, 3.63) is 65.0 Å². The second-order valence-corrected chi connectivity index (χ2v) is 6.54. The van der Waals surface area contributed by atoms with Crippen molar-refractivity contribution >= 4 is 17.5 Å². The molecule has 0 aliphatic carbocycles. The summed E-state index contributed by atoms with van der Waals surface area (Å²) in [6, 6.07) is 11.6. The van der Waals surface area contributed by atoms with E-state index in [9.17, 15) is 14.0 Å². The summed E-state index contributed by atoms with van der Waals surface area (Å²) in [4.78, 5) is 26.2. The molecule has 0 saturated carbocycles. The highest BCUT2D eigenvalue weighted by molar-refractivity contribution is 5.97. The maximum absolute atomic E-state index is 12.9. The fourth-order valence-corrected chi connectivity index (χ4v) is 3.01. The van der Waals surface area contributed by atoms with Crippen LogP contribution in [0.5, 0.6) is 0 Å². The molecule has 0 bridgehead atoms. The van der Waals surface area contributed by atoms with Crippen molar-refractivity contribution in [2.45, 2.75) is 32.7 Å². The lowest BCUT2D eigenvalue weighted by atomic mass is 10.1. The zero-order valence-corrected chi connectivity index (χ0v) is 14.4. The highest BCUT2D eigenvalue weighted by Crippen LogP contribution is 2.24. The molecule has 2 amide bonds. The molecule has 2 aromatic rings. The lowest BCUT2D eigenvalue weighted by Crippen LogP contribution is -2.38. The van der Waals surface area contributed by atoms with Crippen molar-refractivity contribution in [1.29, 1.82) is 0 Å². The van der Waals surface area contributed by atoms with Gasteiger partial charge >= 0.3 is 0 Å². The molecular weight excluding hydrogens is 319 g/mol. The second-order valence-electron chi connectivity index (χ2n) is 6.54. The Kier molecular flexibility index (Phi) is 4.83. The summed E-state index contributed by atoms with van der Waals surface area (Å²) in [6.07, 6.45) is 0.469. The van der Waals surface area contributed by atoms with Gasteiger partial charge in [0.25, 0.3) is 0 Å². The number of hydrogen-bond donors (Lipinski definition) is 1. The Morgan fingerprint density at radius 1 is 1.16 bits per heavy atom. The quantitative estimate of drug-likeness (QED) is 0.930. The molecule has 2 aromatic carbocycles. The van der Waals surface area contributed by atoms with E-state index in [1.807, 2.05) is 32.0 Å². The maximum atomic E-state index is 12.9. The van der Waals surface area contributed by atoms with Crippen LogP contribution in [0.2, 0.25) is 0 Å². The number of benzene rings is 2. The van der Waals surface area contributed by atoms with E-state index in [2.05, 4.69) is 5.32 Å². The summed E-state index contributed by atoms with van der Waals surface area (Å²) >= 11 is 0. The zero-order valence-electron chi connectivity index (χ0n) is 14.4. The van der Waals surface area contributed by atoms with Gasteiger partial charge in [-0.2, -0.15) is 0 Å². The fourth-order valence-electron chi connectivity index (χ4n) is 3.01. The minimum atomic E-state index is -0.324. The van der Waals surface area contributed by atoms with Crippen LogP contribution in [0.4, 0.5) is 10.1 Å². The van der Waals surface area contributed by atoms with Gasteiger partial charge in [0.1, 0.15) is 5.82 Å². The largest absolute Gasteiger partial charge is 0.351 e. The van der Waals surface area contributed by atoms with Gasteiger partial charge in [0.2, 0.25) is 11.8 Å². The first kappa shape index (κ1) is 17.1. The molecule has 130 valence electrons. The first-order valence-electron chi connectivity index (χ1n) is 8.34. The molecule has 1 N–H and O–H groups in total. The van der Waals surface area contributed by atoms with Gasteiger partial charge in [0, 0.05) is 18.7 Å². The van der Waals surface area contributed by atoms with Gasteiger partial charge in [-0.1, -0.05) is 18.2 Å². The van der Waals surface area contributed by atoms with Crippen LogP contribution in [-0.2, 0) is 16.0 Å². The molecule has 0 radical (unpaired) electrons. The minimum absolute atomic E-state index is 0.00957. The molecule has 0 spiro atoms. The Labute approximate surface area is 146 Å². The summed E-state index contributed by atoms with van der Waals surface area (Å²) < 4.78 is 12.9. The lowest BCUT2D eigenvalue weighted by molar-refractivity contribution is -0.121. The van der Waals surface area contributed by atoms with Gasteiger partial charge in [-0.25, -0.2) is 4.39 Å². The van der Waals surface area contributed by atoms with Crippen molar-refractivity contribution in [1.82, 2.24) is 5.32 Å². The van der Waals surface area contributed by atoms with Gasteiger partial charge in [0.05, 0.1) is 12.5 Å². The standard InChI is InChI=1S/C20H21FN2O2/c1-13-3-8-18(9-14(13)2)23-12-17(11-20(23)25)22-19(24)10-15-4-6-16(21)7-5-15/h3-9,17H,10-12H2,1-2H3,(H,22,24)/t17-/m1/s1. The summed E-state index contributed by atoms with van der Waals surface area (Å²) in [5, 5.41) is 2.90. The number of carbonyl (C=O) groups excluding carboxylic acids is 2. The van der Waals surface area contributed by atoms with Crippen LogP contribution >= 0.6 is 0 Å². The predicted molar refractivity (Wildman–Crippen MR) is 94.9 cm³/mol. The number of hydrogen-bond acceptors (Lipinski definition) is 2. The van der Waals surface area contributed by atoms with E-state index >= 15 is 0 Å². The van der Waals surface area contributed by atoms with Gasteiger partial charge in [0.15, 0.2) is 0 Å². The van der Waals surface area contributed by atoms with Crippen LogP contribution in [0.1, 0.15) is 23.1 Å². The van der Waals surface area contributed by atoms with E-state index in [1.165, 1.54) is 17.7 Å². The van der Waals surface area contributed by atoms with Crippen molar-refractivity contribution in [3.63, 3.8) is 0 Å². The van der Waals surface area contributed by atoms with E-state index in [4.69, 9.17) is 0 Å². The topological polar surface area (TPSA) is 49.4 Å². The number of carbonyl (C=O) groups is 2. The van der Waals surface area contributed by atoms with Crippen molar-refractivity contribution in [2.75, 3.05) is 11.4 Å². The van der Waals surface area contributed by atoms with Gasteiger partial charge in [-0.15, -0.1) is 0 Å². The lowest BCUT2D eigenvalue weighted by Gasteiger charge is -2.18. The summed E-state index contributed by atoms with van der Waals surface area (Å²) in [5.74, 6) is -0.476. The predicted octanol–water partition coefficient (Wildman–Crippen LogP) is 2.91. The molecule has 1 aliphatic heterocycles. The number of aryl methyl sites for hydroxylation is 2. The van der Waals surface area contributed by atoms with Crippen molar-refractivity contribution in [2.24, 2.45) is 0 Å². The first-order valence-corrected chi connectivity index (χ1v) is 8.34. The third-order valence-electron chi connectivity index (χ3n) is 4.57. The average Bonchev–Trinajstić information content (AvgIpc) is 2.92. The molecule has 1 heterocycles. The Balaban J connectivity index is 1.61. The molecule has 5 heteroatoms. The number of anilines is 1. The maximum Gasteiger partial charge on any atom is 0.229 e. The number of nitrogens with one attached hydrogen (secondary N) is 1. The highest BCUT2D eigenvalue weighted by Gasteiger charge is 2.31. The summed E-state index contributed by atoms with van der Waals surface area (Å²) in [5.41, 5.74) is 3.92. The molecule has 25 heavy (non-hydrogen) atoms. The average molecular weight is 340 g/mol. The Morgan fingerprint density at radius 3 is 2.56 bits per heavy atom. The summed E-state index contributed by atoms with van der Waals surface area (Å²) in [6.45, 7) is 4.52. The summed E-state index contributed by atoms with van der Waals surface area (Å²) in [7, 11) is 0. The van der Waals surface area contributed by atoms with Crippen LogP contribution < -0.4 is 10.2 Å². The van der Waals surface area contributed by atoms with E-state index in [-0.39, 0.29) is 30.1 Å². The first-order chi connectivity index (χ1) is 11.9. The van der Waals surface area contributed by atoms with Gasteiger partial charge in [-0.3, -0.25) is 9.59 Å². The SMILES string of the molecule is Cc1ccc(N2C[C@H](NC(=O)Cc3ccc(F)cc3)CC2=O)cc1C. The fraction of sp³-hybridized carbons (Fsp3) is 0.300. The Bertz CT molecular complexity index is 802. The number of nitrogens with zero attached hydrogens (tertiary/aromatic N) is 1. The van der Waals surface area contributed by atoms with Crippen LogP contribution in [0, 0.1) is 19.7 Å². The smallest absolute Gasteiger partial charge is 0.229 e. The van der Waals surface area contributed by atoms with E-state index in [0.717, 1.165) is 16.8 Å². The van der Waals surface area contributed by atoms with Crippen LogP contribution in [0.25, 0.3) is 0 Å². The van der Waals surface area contributed by atoms with Crippen LogP contribution in [-0.4, -0.2) is 24.4 Å². The van der Waals surface area contributed by atoms with E-state index < -0.39 is 0 Å². The zero-order chi connectivity index (χ0) is 18.0. The van der Waals surface area contributed by atoms with Crippen molar-refractivity contribution < 1.29 is 14.0 Å². The second kappa shape index (κ2) is 7.05. The van der Waals surface area contributed by atoms with Gasteiger partial charge < -0.3 is 10.2 Å². The normalized spacial score (nSPS) is 17.0. The van der Waals surface area contributed by atoms with E-state index in [0.29, 0.717) is 13.0 Å². The molecule has 1 saturated heterocycles. The number of rotatable bonds is 4. The number of amides is 2. The monoisotopic (exact) mass is 340 g/mol. The molecule has 4 nitrogen and oxygen atoms in total. The third kappa shape index (κ3) is 4.05. The van der Waals surface area contributed by atoms with Crippen LogP contribution in [0.3, 0.4) is 0 Å². The molecule has 0 aromatic heterocycles. The highest BCUT2D eigenvalue weighted by atomic mass is 19.1. The van der Waals surface area contributed by atoms with Gasteiger partial charge in [-0.05, 0) is 54.8 Å². The van der Waals surface area contributed by atoms with Crippen LogP contribution in [0.15, 0.2) is 42.5 Å². The minimum Gasteiger partial charge on any atom is -0.351 e. The molecule has 1 atom stereocenters. The Hall–Kier alpha value is -2.69. The third-order valence-corrected chi connectivity index (χ3v) is 4.57. The molecule has 0 unspecified atom stereocenters.